The van der Waals surface area contributed by atoms with Crippen molar-refractivity contribution in [3.63, 3.8) is 0 Å². The number of nitrogens with zero attached hydrogens (tertiary/aromatic N) is 1. The van der Waals surface area contributed by atoms with Crippen molar-refractivity contribution in [3.05, 3.63) is 53.6 Å². The smallest absolute Gasteiger partial charge is 0.152 e. The minimum Gasteiger partial charge on any atom is -0.299 e. The maximum Gasteiger partial charge on any atom is 0.152 e. The summed E-state index contributed by atoms with van der Waals surface area (Å²) in [5.41, 5.74) is 4.36. The minimum atomic E-state index is -3.01. The Balaban J connectivity index is 1.34. The Morgan fingerprint density at radius 3 is 2.41 bits per heavy atom. The number of ketones is 1. The molecule has 3 aromatic rings. The Morgan fingerprint density at radius 2 is 1.75 bits per heavy atom. The van der Waals surface area contributed by atoms with Crippen LogP contribution in [0.1, 0.15) is 50.7 Å². The minimum absolute atomic E-state index is 0.0557. The van der Waals surface area contributed by atoms with E-state index < -0.39 is 9.84 Å². The average Bonchev–Trinajstić information content (AvgIpc) is 3.17. The van der Waals surface area contributed by atoms with E-state index in [2.05, 4.69) is 37.3 Å². The van der Waals surface area contributed by atoms with Crippen molar-refractivity contribution in [2.45, 2.75) is 58.1 Å². The molecule has 0 spiro atoms. The van der Waals surface area contributed by atoms with Crippen molar-refractivity contribution in [2.75, 3.05) is 5.75 Å². The fraction of sp³-hybridized carbons (Fsp3) is 0.462. The molecule has 0 N–H and O–H groups in total. The lowest BCUT2D eigenvalue weighted by molar-refractivity contribution is -0.123. The fourth-order valence-corrected chi connectivity index (χ4v) is 6.88. The third kappa shape index (κ3) is 5.29. The van der Waals surface area contributed by atoms with Crippen molar-refractivity contribution in [1.29, 1.82) is 0 Å². The van der Waals surface area contributed by atoms with Crippen LogP contribution in [0.5, 0.6) is 0 Å². The second-order valence-electron chi connectivity index (χ2n) is 9.43. The first-order valence-corrected chi connectivity index (χ1v) is 14.0. The zero-order valence-electron chi connectivity index (χ0n) is 19.0. The van der Waals surface area contributed by atoms with Crippen molar-refractivity contribution in [1.82, 2.24) is 4.98 Å². The van der Waals surface area contributed by atoms with E-state index in [1.807, 2.05) is 12.1 Å². The molecule has 4 nitrogen and oxygen atoms in total. The second-order valence-corrected chi connectivity index (χ2v) is 13.1. The first-order valence-electron chi connectivity index (χ1n) is 11.4. The van der Waals surface area contributed by atoms with Crippen LogP contribution < -0.4 is 0 Å². The maximum atomic E-state index is 12.8. The molecule has 1 heterocycles. The number of carbonyl (C=O) groups excluding carboxylic acids is 1. The van der Waals surface area contributed by atoms with Crippen molar-refractivity contribution < 1.29 is 13.2 Å². The van der Waals surface area contributed by atoms with Gasteiger partial charge in [0, 0.05) is 17.9 Å². The van der Waals surface area contributed by atoms with Crippen LogP contribution in [0.25, 0.3) is 20.8 Å². The Labute approximate surface area is 195 Å². The zero-order chi connectivity index (χ0) is 22.9. The molecule has 1 aliphatic carbocycles. The van der Waals surface area contributed by atoms with Gasteiger partial charge < -0.3 is 0 Å². The van der Waals surface area contributed by atoms with E-state index in [0.717, 1.165) is 47.3 Å². The normalized spacial score (nSPS) is 19.5. The van der Waals surface area contributed by atoms with Crippen LogP contribution in [0.15, 0.2) is 42.5 Å². The van der Waals surface area contributed by atoms with E-state index in [-0.39, 0.29) is 28.6 Å². The molecule has 0 saturated heterocycles. The predicted molar refractivity (Wildman–Crippen MR) is 133 cm³/mol. The number of hydrogen-bond donors (Lipinski definition) is 0. The third-order valence-corrected chi connectivity index (χ3v) is 10.1. The average molecular weight is 470 g/mol. The molecule has 1 saturated carbocycles. The number of rotatable bonds is 7. The van der Waals surface area contributed by atoms with Crippen LogP contribution >= 0.6 is 11.3 Å². The summed E-state index contributed by atoms with van der Waals surface area (Å²) < 4.78 is 25.6. The third-order valence-electron chi connectivity index (χ3n) is 6.61. The van der Waals surface area contributed by atoms with Gasteiger partial charge in [0.2, 0.25) is 0 Å². The monoisotopic (exact) mass is 469 g/mol. The van der Waals surface area contributed by atoms with Crippen LogP contribution in [-0.4, -0.2) is 30.2 Å². The topological polar surface area (TPSA) is 64.1 Å². The summed E-state index contributed by atoms with van der Waals surface area (Å²) in [4.78, 5) is 17.6. The number of fused-ring (bicyclic) bond motifs is 1. The molecule has 0 amide bonds. The summed E-state index contributed by atoms with van der Waals surface area (Å²) in [6, 6.07) is 14.5. The lowest BCUT2D eigenvalue weighted by Gasteiger charge is -2.28. The van der Waals surface area contributed by atoms with Crippen LogP contribution in [0.4, 0.5) is 0 Å². The first-order chi connectivity index (χ1) is 15.2. The fourth-order valence-electron chi connectivity index (χ4n) is 4.44. The summed E-state index contributed by atoms with van der Waals surface area (Å²) in [6.07, 6.45) is 3.72. The van der Waals surface area contributed by atoms with E-state index >= 15 is 0 Å². The largest absolute Gasteiger partial charge is 0.299 e. The van der Waals surface area contributed by atoms with E-state index in [9.17, 15) is 13.2 Å². The molecule has 1 fully saturated rings. The summed E-state index contributed by atoms with van der Waals surface area (Å²) in [5, 5.41) is 0.676. The molecule has 0 bridgehead atoms. The van der Waals surface area contributed by atoms with Gasteiger partial charge in [0.15, 0.2) is 9.84 Å². The van der Waals surface area contributed by atoms with E-state index in [0.29, 0.717) is 6.42 Å². The Kier molecular flexibility index (Phi) is 6.82. The van der Waals surface area contributed by atoms with Gasteiger partial charge in [-0.25, -0.2) is 13.4 Å². The van der Waals surface area contributed by atoms with Gasteiger partial charge in [-0.05, 0) is 75.6 Å². The molecule has 0 aliphatic heterocycles. The summed E-state index contributed by atoms with van der Waals surface area (Å²) in [7, 11) is -3.01. The van der Waals surface area contributed by atoms with Gasteiger partial charge in [-0.2, -0.15) is 0 Å². The molecule has 1 aliphatic rings. The maximum absolute atomic E-state index is 12.8. The standard InChI is InChI=1S/C26H31NO3S2/c1-17(2)32(29,30)16-20-7-9-21(10-8-20)24(28)15-19-5-11-22(12-6-19)26-27-23-13-4-18(3)14-25(23)31-26/h4-6,11-14,17,20-21H,7-10,15-16H2,1-3H3. The van der Waals surface area contributed by atoms with Gasteiger partial charge in [-0.3, -0.25) is 4.79 Å². The highest BCUT2D eigenvalue weighted by molar-refractivity contribution is 7.91. The number of thiazole rings is 1. The van der Waals surface area contributed by atoms with E-state index in [1.54, 1.807) is 25.2 Å². The number of hydrogen-bond acceptors (Lipinski definition) is 5. The molecule has 32 heavy (non-hydrogen) atoms. The van der Waals surface area contributed by atoms with Gasteiger partial charge >= 0.3 is 0 Å². The molecule has 2 aromatic carbocycles. The zero-order valence-corrected chi connectivity index (χ0v) is 20.6. The number of sulfone groups is 1. The molecular formula is C26H31NO3S2. The lowest BCUT2D eigenvalue weighted by Crippen LogP contribution is -2.29. The van der Waals surface area contributed by atoms with Gasteiger partial charge in [-0.1, -0.05) is 30.3 Å². The molecule has 1 aromatic heterocycles. The summed E-state index contributed by atoms with van der Waals surface area (Å²) in [5.74, 6) is 0.792. The summed E-state index contributed by atoms with van der Waals surface area (Å²) in [6.45, 7) is 5.58. The molecule has 6 heteroatoms. The Hall–Kier alpha value is -2.05. The lowest BCUT2D eigenvalue weighted by atomic mass is 9.79. The Morgan fingerprint density at radius 1 is 1.06 bits per heavy atom. The predicted octanol–water partition coefficient (Wildman–Crippen LogP) is 6.01. The number of aryl methyl sites for hydroxylation is 1. The van der Waals surface area contributed by atoms with Gasteiger partial charge in [0.1, 0.15) is 10.8 Å². The molecule has 4 rings (SSSR count). The van der Waals surface area contributed by atoms with Crippen molar-refractivity contribution in [3.8, 4) is 10.6 Å². The molecule has 0 unspecified atom stereocenters. The second kappa shape index (κ2) is 9.44. The van der Waals surface area contributed by atoms with Crippen molar-refractivity contribution >= 4 is 37.2 Å². The quantitative estimate of drug-likeness (QED) is 0.425. The number of aromatic nitrogens is 1. The molecule has 170 valence electrons. The van der Waals surface area contributed by atoms with E-state index in [1.165, 1.54) is 10.3 Å². The highest BCUT2D eigenvalue weighted by Crippen LogP contribution is 2.33. The van der Waals surface area contributed by atoms with Gasteiger partial charge in [-0.15, -0.1) is 11.3 Å². The van der Waals surface area contributed by atoms with Crippen LogP contribution in [0.2, 0.25) is 0 Å². The number of benzene rings is 2. The van der Waals surface area contributed by atoms with Crippen LogP contribution in [-0.2, 0) is 21.1 Å². The molecule has 0 atom stereocenters. The van der Waals surface area contributed by atoms with Gasteiger partial charge in [0.25, 0.3) is 0 Å². The number of carbonyl (C=O) groups is 1. The molecule has 0 radical (unpaired) electrons. The number of Topliss-reactive ketones (excluding diaryl/α,β-unsaturated/α-hetero) is 1. The van der Waals surface area contributed by atoms with Crippen molar-refractivity contribution in [2.24, 2.45) is 11.8 Å². The molecular weight excluding hydrogens is 438 g/mol. The summed E-state index contributed by atoms with van der Waals surface area (Å²) >= 11 is 1.69. The highest BCUT2D eigenvalue weighted by atomic mass is 32.2. The SMILES string of the molecule is Cc1ccc2nc(-c3ccc(CC(=O)C4CCC(CS(=O)(=O)C(C)C)CC4)cc3)sc2c1. The highest BCUT2D eigenvalue weighted by Gasteiger charge is 2.30. The first kappa shape index (κ1) is 23.1. The van der Waals surface area contributed by atoms with E-state index in [4.69, 9.17) is 4.98 Å². The Bertz CT molecular complexity index is 1200. The van der Waals surface area contributed by atoms with Crippen LogP contribution in [0.3, 0.4) is 0 Å². The van der Waals surface area contributed by atoms with Crippen LogP contribution in [0, 0.1) is 18.8 Å². The van der Waals surface area contributed by atoms with Gasteiger partial charge in [0.05, 0.1) is 21.2 Å².